The summed E-state index contributed by atoms with van der Waals surface area (Å²) < 4.78 is 4.73. The number of carbonyl (C=O) groups excluding carboxylic acids is 1. The zero-order valence-corrected chi connectivity index (χ0v) is 9.04. The molecular formula is C13H14O2. The van der Waals surface area contributed by atoms with Crippen molar-refractivity contribution in [2.45, 2.75) is 19.8 Å². The SMILES string of the molecule is COC(=O)C1=Cc2cc(C)ccc2CC1. The number of rotatable bonds is 1. The highest BCUT2D eigenvalue weighted by Gasteiger charge is 2.16. The van der Waals surface area contributed by atoms with E-state index in [1.54, 1.807) is 0 Å². The van der Waals surface area contributed by atoms with Crippen molar-refractivity contribution in [3.63, 3.8) is 0 Å². The van der Waals surface area contributed by atoms with Gasteiger partial charge in [0.15, 0.2) is 0 Å². The molecule has 1 aromatic carbocycles. The van der Waals surface area contributed by atoms with E-state index in [0.717, 1.165) is 24.0 Å². The molecule has 2 rings (SSSR count). The highest BCUT2D eigenvalue weighted by Crippen LogP contribution is 2.25. The van der Waals surface area contributed by atoms with E-state index in [2.05, 4.69) is 25.1 Å². The molecule has 1 aromatic rings. The number of methoxy groups -OCH3 is 1. The van der Waals surface area contributed by atoms with Crippen LogP contribution in [0.5, 0.6) is 0 Å². The normalized spacial score (nSPS) is 14.1. The Balaban J connectivity index is 2.39. The first-order valence-corrected chi connectivity index (χ1v) is 5.09. The molecule has 1 aliphatic rings. The van der Waals surface area contributed by atoms with Crippen molar-refractivity contribution in [3.8, 4) is 0 Å². The van der Waals surface area contributed by atoms with E-state index in [0.29, 0.717) is 0 Å². The van der Waals surface area contributed by atoms with E-state index in [-0.39, 0.29) is 5.97 Å². The second-order valence-corrected chi connectivity index (χ2v) is 3.86. The van der Waals surface area contributed by atoms with Gasteiger partial charge in [0.1, 0.15) is 0 Å². The van der Waals surface area contributed by atoms with Gasteiger partial charge in [0.05, 0.1) is 7.11 Å². The van der Waals surface area contributed by atoms with Crippen molar-refractivity contribution >= 4 is 12.0 Å². The fourth-order valence-electron chi connectivity index (χ4n) is 1.90. The van der Waals surface area contributed by atoms with Crippen LogP contribution in [0.15, 0.2) is 23.8 Å². The Kier molecular flexibility index (Phi) is 2.58. The first-order valence-electron chi connectivity index (χ1n) is 5.09. The summed E-state index contributed by atoms with van der Waals surface area (Å²) >= 11 is 0. The molecule has 2 heteroatoms. The van der Waals surface area contributed by atoms with E-state index in [1.165, 1.54) is 18.2 Å². The van der Waals surface area contributed by atoms with E-state index in [1.807, 2.05) is 6.08 Å². The van der Waals surface area contributed by atoms with Crippen molar-refractivity contribution in [3.05, 3.63) is 40.5 Å². The minimum atomic E-state index is -0.206. The summed E-state index contributed by atoms with van der Waals surface area (Å²) in [5.41, 5.74) is 4.46. The van der Waals surface area contributed by atoms with E-state index in [9.17, 15) is 4.79 Å². The number of benzene rings is 1. The summed E-state index contributed by atoms with van der Waals surface area (Å²) in [5, 5.41) is 0. The molecule has 0 atom stereocenters. The van der Waals surface area contributed by atoms with Crippen LogP contribution in [0.2, 0.25) is 0 Å². The lowest BCUT2D eigenvalue weighted by molar-refractivity contribution is -0.136. The van der Waals surface area contributed by atoms with Crippen LogP contribution in [-0.2, 0) is 16.0 Å². The largest absolute Gasteiger partial charge is 0.466 e. The van der Waals surface area contributed by atoms with Gasteiger partial charge in [-0.2, -0.15) is 0 Å². The Morgan fingerprint density at radius 2 is 2.13 bits per heavy atom. The highest BCUT2D eigenvalue weighted by molar-refractivity contribution is 5.94. The molecule has 0 heterocycles. The molecule has 2 nitrogen and oxygen atoms in total. The zero-order valence-electron chi connectivity index (χ0n) is 9.04. The molecule has 0 bridgehead atoms. The van der Waals surface area contributed by atoms with Crippen molar-refractivity contribution in [2.75, 3.05) is 7.11 Å². The smallest absolute Gasteiger partial charge is 0.333 e. The van der Waals surface area contributed by atoms with Crippen molar-refractivity contribution in [1.82, 2.24) is 0 Å². The molecule has 0 aromatic heterocycles. The Hall–Kier alpha value is -1.57. The predicted molar refractivity (Wildman–Crippen MR) is 59.5 cm³/mol. The highest BCUT2D eigenvalue weighted by atomic mass is 16.5. The zero-order chi connectivity index (χ0) is 10.8. The van der Waals surface area contributed by atoms with Gasteiger partial charge < -0.3 is 4.74 Å². The summed E-state index contributed by atoms with van der Waals surface area (Å²) in [7, 11) is 1.43. The molecular weight excluding hydrogens is 188 g/mol. The summed E-state index contributed by atoms with van der Waals surface area (Å²) in [6.45, 7) is 2.06. The summed E-state index contributed by atoms with van der Waals surface area (Å²) in [4.78, 5) is 11.4. The van der Waals surface area contributed by atoms with Gasteiger partial charge in [0, 0.05) is 5.57 Å². The van der Waals surface area contributed by atoms with Gasteiger partial charge in [-0.05, 0) is 37.0 Å². The molecule has 0 saturated carbocycles. The third-order valence-corrected chi connectivity index (χ3v) is 2.74. The van der Waals surface area contributed by atoms with Crippen molar-refractivity contribution in [1.29, 1.82) is 0 Å². The fraction of sp³-hybridized carbons (Fsp3) is 0.308. The number of carbonyl (C=O) groups is 1. The Bertz CT molecular complexity index is 430. The second-order valence-electron chi connectivity index (χ2n) is 3.86. The number of fused-ring (bicyclic) bond motifs is 1. The summed E-state index contributed by atoms with van der Waals surface area (Å²) in [5.74, 6) is -0.206. The van der Waals surface area contributed by atoms with Crippen molar-refractivity contribution < 1.29 is 9.53 Å². The molecule has 0 fully saturated rings. The van der Waals surface area contributed by atoms with Gasteiger partial charge in [-0.1, -0.05) is 23.8 Å². The lowest BCUT2D eigenvalue weighted by atomic mass is 9.91. The van der Waals surface area contributed by atoms with E-state index < -0.39 is 0 Å². The summed E-state index contributed by atoms with van der Waals surface area (Å²) in [6, 6.07) is 6.35. The number of hydrogen-bond acceptors (Lipinski definition) is 2. The average molecular weight is 202 g/mol. The molecule has 0 N–H and O–H groups in total. The summed E-state index contributed by atoms with van der Waals surface area (Å²) in [6.07, 6.45) is 3.65. The number of esters is 1. The minimum Gasteiger partial charge on any atom is -0.466 e. The Morgan fingerprint density at radius 1 is 1.33 bits per heavy atom. The van der Waals surface area contributed by atoms with Crippen molar-refractivity contribution in [2.24, 2.45) is 0 Å². The third-order valence-electron chi connectivity index (χ3n) is 2.74. The van der Waals surface area contributed by atoms with Crippen LogP contribution in [0, 0.1) is 6.92 Å². The van der Waals surface area contributed by atoms with Gasteiger partial charge in [-0.3, -0.25) is 0 Å². The Labute approximate surface area is 89.6 Å². The molecule has 0 amide bonds. The van der Waals surface area contributed by atoms with Crippen LogP contribution >= 0.6 is 0 Å². The van der Waals surface area contributed by atoms with E-state index >= 15 is 0 Å². The number of ether oxygens (including phenoxy) is 1. The average Bonchev–Trinajstić information content (AvgIpc) is 2.27. The van der Waals surface area contributed by atoms with Crippen LogP contribution in [0.3, 0.4) is 0 Å². The van der Waals surface area contributed by atoms with Crippen LogP contribution in [-0.4, -0.2) is 13.1 Å². The quantitative estimate of drug-likeness (QED) is 0.654. The van der Waals surface area contributed by atoms with Gasteiger partial charge in [0.2, 0.25) is 0 Å². The van der Waals surface area contributed by atoms with Crippen LogP contribution in [0.4, 0.5) is 0 Å². The molecule has 0 saturated heterocycles. The maximum Gasteiger partial charge on any atom is 0.333 e. The molecule has 0 unspecified atom stereocenters. The standard InChI is InChI=1S/C13H14O2/c1-9-3-4-10-5-6-11(13(14)15-2)8-12(10)7-9/h3-4,7-8H,5-6H2,1-2H3. The van der Waals surface area contributed by atoms with Gasteiger partial charge in [-0.25, -0.2) is 4.79 Å². The van der Waals surface area contributed by atoms with E-state index in [4.69, 9.17) is 4.74 Å². The van der Waals surface area contributed by atoms with Gasteiger partial charge >= 0.3 is 5.97 Å². The molecule has 1 aliphatic carbocycles. The first kappa shape index (κ1) is 9.97. The lowest BCUT2D eigenvalue weighted by Gasteiger charge is -2.15. The lowest BCUT2D eigenvalue weighted by Crippen LogP contribution is -2.09. The van der Waals surface area contributed by atoms with Crippen LogP contribution < -0.4 is 0 Å². The number of hydrogen-bond donors (Lipinski definition) is 0. The Morgan fingerprint density at radius 3 is 2.87 bits per heavy atom. The molecule has 0 radical (unpaired) electrons. The monoisotopic (exact) mass is 202 g/mol. The van der Waals surface area contributed by atoms with Crippen LogP contribution in [0.25, 0.3) is 6.08 Å². The predicted octanol–water partition coefficient (Wildman–Crippen LogP) is 2.50. The topological polar surface area (TPSA) is 26.3 Å². The van der Waals surface area contributed by atoms with Crippen LogP contribution in [0.1, 0.15) is 23.1 Å². The molecule has 0 spiro atoms. The van der Waals surface area contributed by atoms with Gasteiger partial charge in [-0.15, -0.1) is 0 Å². The molecule has 15 heavy (non-hydrogen) atoms. The molecule has 78 valence electrons. The van der Waals surface area contributed by atoms with Gasteiger partial charge in [0.25, 0.3) is 0 Å². The first-order chi connectivity index (χ1) is 7.20. The maximum atomic E-state index is 11.4. The maximum absolute atomic E-state index is 11.4. The fourth-order valence-corrected chi connectivity index (χ4v) is 1.90. The second kappa shape index (κ2) is 3.89. The third kappa shape index (κ3) is 1.94. The minimum absolute atomic E-state index is 0.206. The molecule has 0 aliphatic heterocycles. The number of aryl methyl sites for hydroxylation is 2.